The van der Waals surface area contributed by atoms with Crippen molar-refractivity contribution in [1.29, 1.82) is 0 Å². The molecule has 5 aromatic rings. The van der Waals surface area contributed by atoms with E-state index in [2.05, 4.69) is 20.9 Å². The number of carbonyl (C=O) groups is 2. The van der Waals surface area contributed by atoms with Crippen LogP contribution >= 0.6 is 0 Å². The van der Waals surface area contributed by atoms with E-state index in [1.807, 2.05) is 47.4 Å². The Balaban J connectivity index is 1.19. The van der Waals surface area contributed by atoms with Gasteiger partial charge in [-0.25, -0.2) is 15.0 Å². The molecule has 0 unspecified atom stereocenters. The number of rotatable bonds is 8. The van der Waals surface area contributed by atoms with E-state index in [0.29, 0.717) is 23.0 Å². The van der Waals surface area contributed by atoms with Crippen LogP contribution in [0, 0.1) is 12.8 Å². The van der Waals surface area contributed by atoms with Crippen LogP contribution in [0.2, 0.25) is 0 Å². The molecule has 8 rings (SSSR count). The Hall–Kier alpha value is -4.71. The zero-order valence-corrected chi connectivity index (χ0v) is 25.6. The average Bonchev–Trinajstić information content (AvgIpc) is 3.46. The van der Waals surface area contributed by atoms with E-state index in [1.165, 1.54) is 25.3 Å². The number of aryl methyl sites for hydroxylation is 1. The summed E-state index contributed by atoms with van der Waals surface area (Å²) >= 11 is 0. The van der Waals surface area contributed by atoms with Gasteiger partial charge in [0.15, 0.2) is 5.88 Å². The van der Waals surface area contributed by atoms with Crippen LogP contribution in [0.4, 0.5) is 0 Å². The number of pyridine rings is 2. The maximum absolute atomic E-state index is 13.8. The molecule has 0 spiro atoms. The Morgan fingerprint density at radius 1 is 1.16 bits per heavy atom. The van der Waals surface area contributed by atoms with Gasteiger partial charge >= 0.3 is 5.91 Å². The Bertz CT molecular complexity index is 1960. The quantitative estimate of drug-likeness (QED) is 0.266. The maximum Gasteiger partial charge on any atom is 0.307 e. The van der Waals surface area contributed by atoms with E-state index in [9.17, 15) is 9.59 Å². The predicted molar refractivity (Wildman–Crippen MR) is 166 cm³/mol. The molecule has 12 nitrogen and oxygen atoms in total. The molecule has 3 N–H and O–H groups in total. The molecule has 2 bridgehead atoms. The Kier molecular flexibility index (Phi) is 6.45. The highest BCUT2D eigenvalue weighted by atomic mass is 16.5. The molecule has 0 aromatic carbocycles. The first-order chi connectivity index (χ1) is 21.8. The number of nitrogens with two attached hydrogens (primary N) is 1. The fraction of sp³-hybridized carbons (Fsp3) is 0.424. The smallest absolute Gasteiger partial charge is 0.307 e. The van der Waals surface area contributed by atoms with Crippen LogP contribution in [-0.4, -0.2) is 65.9 Å². The number of methoxy groups -OCH3 is 1. The van der Waals surface area contributed by atoms with Gasteiger partial charge in [0.2, 0.25) is 0 Å². The lowest BCUT2D eigenvalue weighted by molar-refractivity contribution is 0.0725. The SMILES string of the molecule is COc1cc(C(=O)N2[C@H]3CC[C@@H]2[C@H](N)C3)cc2nc(-c3cc4ccc([C@@H](C)NC(=O)c5ncco5)nc4n3CC3CC3)c(C)n12. The zero-order valence-electron chi connectivity index (χ0n) is 25.6. The van der Waals surface area contributed by atoms with Gasteiger partial charge in [-0.05, 0) is 76.1 Å². The van der Waals surface area contributed by atoms with Gasteiger partial charge in [-0.3, -0.25) is 14.0 Å². The van der Waals surface area contributed by atoms with Crippen LogP contribution in [0.15, 0.2) is 47.2 Å². The van der Waals surface area contributed by atoms with Crippen LogP contribution in [0.3, 0.4) is 0 Å². The lowest BCUT2D eigenvalue weighted by Gasteiger charge is -2.23. The van der Waals surface area contributed by atoms with E-state index in [4.69, 9.17) is 24.9 Å². The fourth-order valence-electron chi connectivity index (χ4n) is 7.28. The minimum Gasteiger partial charge on any atom is -0.482 e. The molecule has 0 radical (unpaired) electrons. The van der Waals surface area contributed by atoms with E-state index in [1.54, 1.807) is 7.11 Å². The molecule has 2 saturated heterocycles. The van der Waals surface area contributed by atoms with Crippen molar-refractivity contribution >= 4 is 28.5 Å². The molecule has 2 amide bonds. The minimum absolute atomic E-state index is 0.0120. The van der Waals surface area contributed by atoms with Gasteiger partial charge < -0.3 is 29.7 Å². The Labute approximate surface area is 259 Å². The molecular weight excluding hydrogens is 572 g/mol. The number of imidazole rings is 1. The number of nitrogens with zero attached hydrogens (tertiary/aromatic N) is 6. The van der Waals surface area contributed by atoms with Crippen LogP contribution < -0.4 is 15.8 Å². The van der Waals surface area contributed by atoms with Crippen molar-refractivity contribution in [1.82, 2.24) is 34.1 Å². The van der Waals surface area contributed by atoms with Crippen molar-refractivity contribution in [3.8, 4) is 17.3 Å². The number of ether oxygens (including phenoxy) is 1. The second-order valence-corrected chi connectivity index (χ2v) is 12.7. The van der Waals surface area contributed by atoms with Gasteiger partial charge in [-0.15, -0.1) is 0 Å². The highest BCUT2D eigenvalue weighted by molar-refractivity contribution is 5.97. The number of hydrogen-bond acceptors (Lipinski definition) is 8. The molecule has 4 atom stereocenters. The van der Waals surface area contributed by atoms with Crippen molar-refractivity contribution in [2.24, 2.45) is 11.7 Å². The largest absolute Gasteiger partial charge is 0.482 e. The number of carbonyl (C=O) groups excluding carboxylic acids is 2. The third kappa shape index (κ3) is 4.57. The highest BCUT2D eigenvalue weighted by Gasteiger charge is 2.47. The van der Waals surface area contributed by atoms with Gasteiger partial charge in [0.05, 0.1) is 36.4 Å². The number of nitrogens with one attached hydrogen (secondary N) is 1. The molecule has 7 heterocycles. The van der Waals surface area contributed by atoms with E-state index < -0.39 is 5.91 Å². The molecule has 5 aromatic heterocycles. The molecule has 3 aliphatic rings. The van der Waals surface area contributed by atoms with Crippen LogP contribution in [0.5, 0.6) is 5.88 Å². The summed E-state index contributed by atoms with van der Waals surface area (Å²) in [6, 6.07) is 9.75. The second-order valence-electron chi connectivity index (χ2n) is 12.7. The van der Waals surface area contributed by atoms with Gasteiger partial charge in [0.25, 0.3) is 11.8 Å². The molecule has 3 fully saturated rings. The standard InChI is InChI=1S/C33H36N8O4/c1-17(36-31(42)32-35-10-11-45-32)24-8-6-20-12-26(39(30(20)37-24)16-19-4-5-19)29-18(2)40-27(38-29)13-21(14-28(40)44-3)33(43)41-22-7-9-25(41)23(34)15-22/h6,8,10-14,17,19,22-23,25H,4-5,7,9,15-16,34H2,1-3H3,(H,36,42)/t17-,22+,23-,25-/m1/s1. The highest BCUT2D eigenvalue weighted by Crippen LogP contribution is 2.40. The number of fused-ring (bicyclic) bond motifs is 4. The second kappa shape index (κ2) is 10.4. The lowest BCUT2D eigenvalue weighted by Crippen LogP contribution is -2.40. The summed E-state index contributed by atoms with van der Waals surface area (Å²) in [5.74, 6) is 0.744. The van der Waals surface area contributed by atoms with Gasteiger partial charge in [0.1, 0.15) is 23.3 Å². The van der Waals surface area contributed by atoms with Crippen LogP contribution in [0.1, 0.15) is 77.5 Å². The summed E-state index contributed by atoms with van der Waals surface area (Å²) in [5.41, 5.74) is 11.8. The Morgan fingerprint density at radius 3 is 2.69 bits per heavy atom. The van der Waals surface area contributed by atoms with Crippen molar-refractivity contribution in [2.75, 3.05) is 7.11 Å². The van der Waals surface area contributed by atoms with Gasteiger partial charge in [-0.1, -0.05) is 0 Å². The molecule has 1 aliphatic carbocycles. The van der Waals surface area contributed by atoms with E-state index >= 15 is 0 Å². The number of oxazole rings is 1. The average molecular weight is 609 g/mol. The van der Waals surface area contributed by atoms with E-state index in [-0.39, 0.29) is 36.0 Å². The molecule has 45 heavy (non-hydrogen) atoms. The summed E-state index contributed by atoms with van der Waals surface area (Å²) in [6.45, 7) is 4.73. The molecule has 12 heteroatoms. The molecular formula is C33H36N8O4. The first kappa shape index (κ1) is 27.8. The molecule has 2 aliphatic heterocycles. The maximum atomic E-state index is 13.8. The summed E-state index contributed by atoms with van der Waals surface area (Å²) in [4.78, 5) is 42.4. The minimum atomic E-state index is -0.393. The first-order valence-corrected chi connectivity index (χ1v) is 15.7. The van der Waals surface area contributed by atoms with E-state index in [0.717, 1.165) is 59.6 Å². The molecule has 232 valence electrons. The topological polar surface area (TPSA) is 146 Å². The van der Waals surface area contributed by atoms with Crippen molar-refractivity contribution in [2.45, 2.75) is 76.7 Å². The van der Waals surface area contributed by atoms with Crippen molar-refractivity contribution < 1.29 is 18.7 Å². The monoisotopic (exact) mass is 608 g/mol. The third-order valence-corrected chi connectivity index (χ3v) is 9.76. The predicted octanol–water partition coefficient (Wildman–Crippen LogP) is 4.26. The van der Waals surface area contributed by atoms with Crippen LogP contribution in [-0.2, 0) is 6.54 Å². The zero-order chi connectivity index (χ0) is 31.0. The van der Waals surface area contributed by atoms with Gasteiger partial charge in [-0.2, -0.15) is 0 Å². The first-order valence-electron chi connectivity index (χ1n) is 15.7. The molecule has 1 saturated carbocycles. The van der Waals surface area contributed by atoms with Crippen molar-refractivity contribution in [3.05, 3.63) is 65.6 Å². The fourth-order valence-corrected chi connectivity index (χ4v) is 7.28. The van der Waals surface area contributed by atoms with Crippen molar-refractivity contribution in [3.63, 3.8) is 0 Å². The number of aromatic nitrogens is 5. The summed E-state index contributed by atoms with van der Waals surface area (Å²) in [6.07, 6.45) is 7.98. The number of hydrogen-bond donors (Lipinski definition) is 2. The lowest BCUT2D eigenvalue weighted by atomic mass is 9.97. The van der Waals surface area contributed by atoms with Gasteiger partial charge in [0, 0.05) is 41.7 Å². The summed E-state index contributed by atoms with van der Waals surface area (Å²) in [5, 5.41) is 3.91. The number of amides is 2. The third-order valence-electron chi connectivity index (χ3n) is 9.76. The summed E-state index contributed by atoms with van der Waals surface area (Å²) < 4.78 is 15.2. The van der Waals surface area contributed by atoms with Crippen LogP contribution in [0.25, 0.3) is 28.1 Å². The Morgan fingerprint density at radius 2 is 2.00 bits per heavy atom. The normalized spacial score (nSPS) is 21.6. The summed E-state index contributed by atoms with van der Waals surface area (Å²) in [7, 11) is 1.62.